The first-order valence-electron chi connectivity index (χ1n) is 10.1. The summed E-state index contributed by atoms with van der Waals surface area (Å²) in [4.78, 5) is 14.6. The van der Waals surface area contributed by atoms with E-state index in [1.165, 1.54) is 13.0 Å². The zero-order chi connectivity index (χ0) is 20.6. The van der Waals surface area contributed by atoms with Crippen LogP contribution in [0.2, 0.25) is 0 Å². The average Bonchev–Trinajstić information content (AvgIpc) is 2.70. The number of ether oxygens (including phenoxy) is 1. The maximum atomic E-state index is 14.1. The summed E-state index contributed by atoms with van der Waals surface area (Å²) in [5, 5.41) is 11.4. The van der Waals surface area contributed by atoms with Crippen LogP contribution in [0.1, 0.15) is 48.8 Å². The molecule has 2 unspecified atom stereocenters. The van der Waals surface area contributed by atoms with Crippen molar-refractivity contribution in [2.45, 2.75) is 63.3 Å². The highest BCUT2D eigenvalue weighted by atomic mass is 19.2. The van der Waals surface area contributed by atoms with Gasteiger partial charge in [-0.15, -0.1) is 0 Å². The Labute approximate surface area is 169 Å². The molecule has 2 aliphatic rings. The van der Waals surface area contributed by atoms with Crippen LogP contribution >= 0.6 is 0 Å². The van der Waals surface area contributed by atoms with E-state index in [1.807, 2.05) is 30.3 Å². The topological polar surface area (TPSA) is 49.8 Å². The number of aliphatic hydroxyl groups is 1. The van der Waals surface area contributed by atoms with Gasteiger partial charge in [-0.2, -0.15) is 0 Å². The van der Waals surface area contributed by atoms with E-state index in [4.69, 9.17) is 4.74 Å². The van der Waals surface area contributed by atoms with Gasteiger partial charge in [-0.25, -0.2) is 13.6 Å². The quantitative estimate of drug-likeness (QED) is 0.803. The first kappa shape index (κ1) is 19.8. The van der Waals surface area contributed by atoms with Crippen molar-refractivity contribution in [1.82, 2.24) is 4.90 Å². The number of nitrogens with zero attached hydrogens (tertiary/aromatic N) is 1. The van der Waals surface area contributed by atoms with E-state index < -0.39 is 17.2 Å². The third kappa shape index (κ3) is 3.73. The van der Waals surface area contributed by atoms with Gasteiger partial charge in [0, 0.05) is 24.9 Å². The molecule has 29 heavy (non-hydrogen) atoms. The number of piperidine rings is 2. The summed E-state index contributed by atoms with van der Waals surface area (Å²) in [6.07, 6.45) is 2.66. The molecule has 0 saturated carbocycles. The number of carbonyl (C=O) groups excluding carboxylic acids is 1. The first-order chi connectivity index (χ1) is 13.9. The molecule has 2 bridgehead atoms. The van der Waals surface area contributed by atoms with Crippen LogP contribution in [0.5, 0.6) is 0 Å². The van der Waals surface area contributed by atoms with Gasteiger partial charge >= 0.3 is 6.09 Å². The molecule has 2 heterocycles. The Hall–Kier alpha value is -2.47. The molecule has 154 valence electrons. The second-order valence-electron chi connectivity index (χ2n) is 8.16. The lowest BCUT2D eigenvalue weighted by Gasteiger charge is -2.51. The maximum Gasteiger partial charge on any atom is 0.410 e. The molecule has 2 aliphatic heterocycles. The largest absolute Gasteiger partial charge is 0.445 e. The molecular formula is C23H25F2NO3. The minimum atomic E-state index is -1.29. The van der Waals surface area contributed by atoms with Crippen LogP contribution in [-0.2, 0) is 16.9 Å². The lowest BCUT2D eigenvalue weighted by molar-refractivity contribution is -0.0900. The fraction of sp³-hybridized carbons (Fsp3) is 0.435. The molecule has 6 heteroatoms. The van der Waals surface area contributed by atoms with Gasteiger partial charge in [0.1, 0.15) is 6.61 Å². The molecule has 2 atom stereocenters. The van der Waals surface area contributed by atoms with E-state index in [9.17, 15) is 18.7 Å². The van der Waals surface area contributed by atoms with Crippen molar-refractivity contribution in [2.75, 3.05) is 0 Å². The number of hydrogen-bond donors (Lipinski definition) is 1. The molecule has 2 saturated heterocycles. The molecule has 0 radical (unpaired) electrons. The standard InChI is InChI=1S/C23H25F2NO3/c1-15-19(10-11-20(24)21(15)25)23(28)12-17-8-5-9-18(13-23)26(17)22(27)29-14-16-6-3-2-4-7-16/h2-4,6-7,10-11,17-18,28H,5,8-9,12-14H2,1H3. The maximum absolute atomic E-state index is 14.1. The highest BCUT2D eigenvalue weighted by Gasteiger charge is 2.49. The normalized spacial score (nSPS) is 26.3. The Bertz CT molecular complexity index is 888. The number of halogens is 2. The molecule has 1 N–H and O–H groups in total. The highest BCUT2D eigenvalue weighted by molar-refractivity contribution is 5.69. The lowest BCUT2D eigenvalue weighted by atomic mass is 9.71. The predicted octanol–water partition coefficient (Wildman–Crippen LogP) is 4.81. The summed E-state index contributed by atoms with van der Waals surface area (Å²) in [7, 11) is 0. The third-order valence-electron chi connectivity index (χ3n) is 6.26. The summed E-state index contributed by atoms with van der Waals surface area (Å²) in [5.74, 6) is -1.84. The van der Waals surface area contributed by atoms with Crippen molar-refractivity contribution in [1.29, 1.82) is 0 Å². The Morgan fingerprint density at radius 3 is 2.45 bits per heavy atom. The van der Waals surface area contributed by atoms with Gasteiger partial charge in [0.05, 0.1) is 5.60 Å². The number of carbonyl (C=O) groups is 1. The second kappa shape index (κ2) is 7.75. The summed E-state index contributed by atoms with van der Waals surface area (Å²) in [6.45, 7) is 1.68. The van der Waals surface area contributed by atoms with Crippen LogP contribution in [-0.4, -0.2) is 28.2 Å². The predicted molar refractivity (Wildman–Crippen MR) is 104 cm³/mol. The van der Waals surface area contributed by atoms with Crippen molar-refractivity contribution in [3.05, 3.63) is 70.8 Å². The third-order valence-corrected chi connectivity index (χ3v) is 6.26. The van der Waals surface area contributed by atoms with Gasteiger partial charge in [0.2, 0.25) is 0 Å². The van der Waals surface area contributed by atoms with E-state index in [0.717, 1.165) is 30.9 Å². The fourth-order valence-corrected chi connectivity index (χ4v) is 4.90. The molecule has 0 spiro atoms. The van der Waals surface area contributed by atoms with E-state index in [-0.39, 0.29) is 43.2 Å². The summed E-state index contributed by atoms with van der Waals surface area (Å²) in [6, 6.07) is 11.6. The van der Waals surface area contributed by atoms with Crippen molar-refractivity contribution in [3.8, 4) is 0 Å². The minimum Gasteiger partial charge on any atom is -0.445 e. The smallest absolute Gasteiger partial charge is 0.410 e. The number of fused-ring (bicyclic) bond motifs is 2. The molecule has 2 aromatic carbocycles. The zero-order valence-corrected chi connectivity index (χ0v) is 16.4. The Balaban J connectivity index is 1.53. The van der Waals surface area contributed by atoms with Crippen LogP contribution in [0.15, 0.2) is 42.5 Å². The molecule has 2 fully saturated rings. The number of amides is 1. The average molecular weight is 401 g/mol. The van der Waals surface area contributed by atoms with E-state index in [0.29, 0.717) is 5.56 Å². The fourth-order valence-electron chi connectivity index (χ4n) is 4.90. The van der Waals surface area contributed by atoms with Crippen molar-refractivity contribution in [2.24, 2.45) is 0 Å². The number of hydrogen-bond acceptors (Lipinski definition) is 3. The van der Waals surface area contributed by atoms with Crippen LogP contribution in [0, 0.1) is 18.6 Å². The van der Waals surface area contributed by atoms with Gasteiger partial charge in [-0.05, 0) is 48.9 Å². The van der Waals surface area contributed by atoms with Gasteiger partial charge in [-0.3, -0.25) is 0 Å². The molecule has 2 aromatic rings. The van der Waals surface area contributed by atoms with Crippen LogP contribution in [0.3, 0.4) is 0 Å². The highest BCUT2D eigenvalue weighted by Crippen LogP contribution is 2.45. The van der Waals surface area contributed by atoms with Crippen LogP contribution in [0.4, 0.5) is 13.6 Å². The van der Waals surface area contributed by atoms with Gasteiger partial charge < -0.3 is 14.7 Å². The molecule has 0 aromatic heterocycles. The molecule has 0 aliphatic carbocycles. The Kier molecular flexibility index (Phi) is 5.30. The Morgan fingerprint density at radius 2 is 1.79 bits per heavy atom. The Morgan fingerprint density at radius 1 is 1.14 bits per heavy atom. The van der Waals surface area contributed by atoms with Crippen molar-refractivity contribution >= 4 is 6.09 Å². The monoisotopic (exact) mass is 401 g/mol. The van der Waals surface area contributed by atoms with E-state index in [2.05, 4.69) is 0 Å². The van der Waals surface area contributed by atoms with Crippen molar-refractivity contribution in [3.63, 3.8) is 0 Å². The van der Waals surface area contributed by atoms with Gasteiger partial charge in [-0.1, -0.05) is 36.4 Å². The second-order valence-corrected chi connectivity index (χ2v) is 8.16. The van der Waals surface area contributed by atoms with Crippen molar-refractivity contribution < 1.29 is 23.4 Å². The van der Waals surface area contributed by atoms with Gasteiger partial charge in [0.15, 0.2) is 11.6 Å². The van der Waals surface area contributed by atoms with Gasteiger partial charge in [0.25, 0.3) is 0 Å². The summed E-state index contributed by atoms with van der Waals surface area (Å²) < 4.78 is 33.2. The molecule has 4 nitrogen and oxygen atoms in total. The van der Waals surface area contributed by atoms with Crippen LogP contribution < -0.4 is 0 Å². The lowest BCUT2D eigenvalue weighted by Crippen LogP contribution is -2.59. The van der Waals surface area contributed by atoms with E-state index >= 15 is 0 Å². The molecular weight excluding hydrogens is 376 g/mol. The van der Waals surface area contributed by atoms with Crippen LogP contribution in [0.25, 0.3) is 0 Å². The summed E-state index contributed by atoms with van der Waals surface area (Å²) in [5.41, 5.74) is 0.165. The molecule has 1 amide bonds. The van der Waals surface area contributed by atoms with E-state index in [1.54, 1.807) is 4.90 Å². The summed E-state index contributed by atoms with van der Waals surface area (Å²) >= 11 is 0. The number of benzene rings is 2. The first-order valence-corrected chi connectivity index (χ1v) is 10.1. The molecule has 4 rings (SSSR count). The minimum absolute atomic E-state index is 0.130. The number of rotatable bonds is 3. The SMILES string of the molecule is Cc1c(C2(O)CC3CCCC(C2)N3C(=O)OCc2ccccc2)ccc(F)c1F. The zero-order valence-electron chi connectivity index (χ0n) is 16.4.